The first-order valence-electron chi connectivity index (χ1n) is 10.5. The van der Waals surface area contributed by atoms with Crippen LogP contribution in [0.2, 0.25) is 10.0 Å². The van der Waals surface area contributed by atoms with Gasteiger partial charge in [0.2, 0.25) is 5.69 Å². The van der Waals surface area contributed by atoms with Gasteiger partial charge in [-0.25, -0.2) is 4.85 Å². The predicted molar refractivity (Wildman–Crippen MR) is 130 cm³/mol. The molecule has 1 atom stereocenters. The second kappa shape index (κ2) is 9.75. The molecule has 0 aliphatic carbocycles. The maximum Gasteiger partial charge on any atom is 0.205 e. The molecule has 1 fully saturated rings. The third kappa shape index (κ3) is 5.22. The molecule has 0 amide bonds. The molecular formula is C26H25Cl2N3. The maximum absolute atomic E-state index is 7.30. The SMILES string of the molecule is [C-]#[N+]c1ccc(N(Cc2ccccc2C)[C@H]2CCN(Cc3ccc(Cl)cc3)C2)cc1Cl. The smallest absolute Gasteiger partial charge is 0.205 e. The Morgan fingerprint density at radius 3 is 2.55 bits per heavy atom. The van der Waals surface area contributed by atoms with Gasteiger partial charge in [-0.05, 0) is 54.3 Å². The Hall–Kier alpha value is -2.51. The number of likely N-dealkylation sites (tertiary alicyclic amines) is 1. The number of halogens is 2. The van der Waals surface area contributed by atoms with E-state index in [1.165, 1.54) is 16.7 Å². The van der Waals surface area contributed by atoms with E-state index in [0.717, 1.165) is 43.3 Å². The highest BCUT2D eigenvalue weighted by molar-refractivity contribution is 6.33. The fourth-order valence-corrected chi connectivity index (χ4v) is 4.57. The summed E-state index contributed by atoms with van der Waals surface area (Å²) in [7, 11) is 0. The summed E-state index contributed by atoms with van der Waals surface area (Å²) in [4.78, 5) is 8.46. The number of hydrogen-bond donors (Lipinski definition) is 0. The molecule has 1 aliphatic rings. The maximum atomic E-state index is 7.30. The molecule has 0 N–H and O–H groups in total. The minimum Gasteiger partial charge on any atom is -0.363 e. The van der Waals surface area contributed by atoms with Crippen LogP contribution in [0.1, 0.15) is 23.1 Å². The Morgan fingerprint density at radius 1 is 1.06 bits per heavy atom. The zero-order valence-corrected chi connectivity index (χ0v) is 19.1. The molecule has 3 aromatic carbocycles. The molecule has 1 aliphatic heterocycles. The zero-order valence-electron chi connectivity index (χ0n) is 17.6. The molecule has 5 heteroatoms. The summed E-state index contributed by atoms with van der Waals surface area (Å²) in [6, 6.07) is 22.8. The van der Waals surface area contributed by atoms with Gasteiger partial charge in [0, 0.05) is 48.0 Å². The number of rotatable bonds is 6. The van der Waals surface area contributed by atoms with Crippen LogP contribution >= 0.6 is 23.2 Å². The van der Waals surface area contributed by atoms with Crippen LogP contribution in [0.15, 0.2) is 66.7 Å². The number of hydrogen-bond acceptors (Lipinski definition) is 2. The van der Waals surface area contributed by atoms with Crippen LogP contribution in [0.25, 0.3) is 4.85 Å². The number of anilines is 1. The fourth-order valence-electron chi connectivity index (χ4n) is 4.23. The molecule has 0 aromatic heterocycles. The van der Waals surface area contributed by atoms with Crippen molar-refractivity contribution in [1.82, 2.24) is 4.90 Å². The van der Waals surface area contributed by atoms with Crippen LogP contribution in [0.3, 0.4) is 0 Å². The first kappa shape index (κ1) is 21.7. The van der Waals surface area contributed by atoms with Gasteiger partial charge in [-0.3, -0.25) is 4.90 Å². The lowest BCUT2D eigenvalue weighted by Gasteiger charge is -2.32. The first-order chi connectivity index (χ1) is 15.0. The molecule has 4 rings (SSSR count). The largest absolute Gasteiger partial charge is 0.363 e. The minimum absolute atomic E-state index is 0.377. The summed E-state index contributed by atoms with van der Waals surface area (Å²) < 4.78 is 0. The molecule has 158 valence electrons. The van der Waals surface area contributed by atoms with Crippen molar-refractivity contribution < 1.29 is 0 Å². The van der Waals surface area contributed by atoms with Gasteiger partial charge < -0.3 is 4.90 Å². The average Bonchev–Trinajstić information content (AvgIpc) is 3.23. The van der Waals surface area contributed by atoms with E-state index in [4.69, 9.17) is 29.8 Å². The standard InChI is InChI=1S/C26H25Cl2N3/c1-19-5-3-4-6-21(19)17-31(23-11-12-26(29-2)25(28)15-23)24-13-14-30(18-24)16-20-7-9-22(27)10-8-20/h3-12,15,24H,13-14,16-18H2,1H3/t24-/m0/s1. The molecule has 0 unspecified atom stereocenters. The monoisotopic (exact) mass is 449 g/mol. The molecule has 1 saturated heterocycles. The Morgan fingerprint density at radius 2 is 1.84 bits per heavy atom. The molecule has 3 nitrogen and oxygen atoms in total. The van der Waals surface area contributed by atoms with Crippen LogP contribution in [0, 0.1) is 13.5 Å². The highest BCUT2D eigenvalue weighted by atomic mass is 35.5. The van der Waals surface area contributed by atoms with Crippen LogP contribution < -0.4 is 4.90 Å². The van der Waals surface area contributed by atoms with Gasteiger partial charge in [0.25, 0.3) is 0 Å². The Labute approximate surface area is 194 Å². The third-order valence-electron chi connectivity index (χ3n) is 5.99. The van der Waals surface area contributed by atoms with E-state index in [1.807, 2.05) is 30.3 Å². The van der Waals surface area contributed by atoms with E-state index in [2.05, 4.69) is 58.0 Å². The normalized spacial score (nSPS) is 16.3. The lowest BCUT2D eigenvalue weighted by molar-refractivity contribution is 0.325. The fraction of sp³-hybridized carbons (Fsp3) is 0.269. The molecular weight excluding hydrogens is 425 g/mol. The van der Waals surface area contributed by atoms with E-state index in [-0.39, 0.29) is 0 Å². The zero-order chi connectivity index (χ0) is 21.8. The van der Waals surface area contributed by atoms with Crippen molar-refractivity contribution in [2.45, 2.75) is 32.5 Å². The van der Waals surface area contributed by atoms with Gasteiger partial charge in [0.05, 0.1) is 6.57 Å². The van der Waals surface area contributed by atoms with Crippen molar-refractivity contribution in [3.63, 3.8) is 0 Å². The summed E-state index contributed by atoms with van der Waals surface area (Å²) >= 11 is 12.4. The average molecular weight is 450 g/mol. The van der Waals surface area contributed by atoms with Gasteiger partial charge in [0.1, 0.15) is 0 Å². The Bertz CT molecular complexity index is 1090. The Kier molecular flexibility index (Phi) is 6.83. The minimum atomic E-state index is 0.377. The summed E-state index contributed by atoms with van der Waals surface area (Å²) in [6.07, 6.45) is 1.08. The molecule has 0 spiro atoms. The summed E-state index contributed by atoms with van der Waals surface area (Å²) in [5, 5.41) is 1.28. The van der Waals surface area contributed by atoms with E-state index in [0.29, 0.717) is 16.8 Å². The molecule has 0 radical (unpaired) electrons. The first-order valence-corrected chi connectivity index (χ1v) is 11.2. The van der Waals surface area contributed by atoms with Gasteiger partial charge >= 0.3 is 0 Å². The molecule has 0 bridgehead atoms. The van der Waals surface area contributed by atoms with Crippen molar-refractivity contribution in [3.05, 3.63) is 105 Å². The number of nitrogens with zero attached hydrogens (tertiary/aromatic N) is 3. The van der Waals surface area contributed by atoms with Crippen molar-refractivity contribution in [2.75, 3.05) is 18.0 Å². The van der Waals surface area contributed by atoms with Crippen molar-refractivity contribution in [2.24, 2.45) is 0 Å². The molecule has 1 heterocycles. The quantitative estimate of drug-likeness (QED) is 0.370. The van der Waals surface area contributed by atoms with Crippen LogP contribution in [-0.4, -0.2) is 24.0 Å². The van der Waals surface area contributed by atoms with Crippen LogP contribution in [0.5, 0.6) is 0 Å². The van der Waals surface area contributed by atoms with Crippen LogP contribution in [-0.2, 0) is 13.1 Å². The highest BCUT2D eigenvalue weighted by Gasteiger charge is 2.28. The predicted octanol–water partition coefficient (Wildman–Crippen LogP) is 7.13. The second-order valence-corrected chi connectivity index (χ2v) is 8.95. The van der Waals surface area contributed by atoms with Gasteiger partial charge in [-0.15, -0.1) is 0 Å². The van der Waals surface area contributed by atoms with E-state index < -0.39 is 0 Å². The number of aryl methyl sites for hydroxylation is 1. The van der Waals surface area contributed by atoms with E-state index in [1.54, 1.807) is 0 Å². The lowest BCUT2D eigenvalue weighted by atomic mass is 10.1. The van der Waals surface area contributed by atoms with E-state index in [9.17, 15) is 0 Å². The second-order valence-electron chi connectivity index (χ2n) is 8.11. The van der Waals surface area contributed by atoms with Crippen LogP contribution in [0.4, 0.5) is 11.4 Å². The highest BCUT2D eigenvalue weighted by Crippen LogP contribution is 2.33. The lowest BCUT2D eigenvalue weighted by Crippen LogP contribution is -2.37. The van der Waals surface area contributed by atoms with Gasteiger partial charge in [-0.2, -0.15) is 0 Å². The van der Waals surface area contributed by atoms with Crippen molar-refractivity contribution in [1.29, 1.82) is 0 Å². The molecule has 31 heavy (non-hydrogen) atoms. The summed E-state index contributed by atoms with van der Waals surface area (Å²) in [5.74, 6) is 0. The van der Waals surface area contributed by atoms with E-state index >= 15 is 0 Å². The molecule has 0 saturated carbocycles. The molecule has 3 aromatic rings. The Balaban J connectivity index is 1.57. The van der Waals surface area contributed by atoms with Gasteiger partial charge in [-0.1, -0.05) is 65.7 Å². The summed E-state index contributed by atoms with van der Waals surface area (Å²) in [5.41, 5.74) is 5.44. The third-order valence-corrected chi connectivity index (χ3v) is 6.55. The van der Waals surface area contributed by atoms with Crippen molar-refractivity contribution >= 4 is 34.6 Å². The topological polar surface area (TPSA) is 10.8 Å². The summed E-state index contributed by atoms with van der Waals surface area (Å²) in [6.45, 7) is 13.2. The van der Waals surface area contributed by atoms with Crippen molar-refractivity contribution in [3.8, 4) is 0 Å². The number of benzene rings is 3. The van der Waals surface area contributed by atoms with Gasteiger partial charge in [0.15, 0.2) is 0 Å².